The largest absolute Gasteiger partial charge is 0.491 e. The van der Waals surface area contributed by atoms with Crippen molar-refractivity contribution < 1.29 is 24.2 Å². The number of carbonyl (C=O) groups is 2. The molecule has 0 atom stereocenters. The van der Waals surface area contributed by atoms with Crippen LogP contribution >= 0.6 is 0 Å². The Balaban J connectivity index is 1.72. The van der Waals surface area contributed by atoms with E-state index in [9.17, 15) is 14.7 Å². The smallest absolute Gasteiger partial charge is 0.258 e. The summed E-state index contributed by atoms with van der Waals surface area (Å²) in [7, 11) is 0. The lowest BCUT2D eigenvalue weighted by atomic mass is 9.80. The number of aliphatic hydroxyl groups excluding tert-OH is 1. The number of amides is 2. The van der Waals surface area contributed by atoms with Crippen molar-refractivity contribution in [3.05, 3.63) is 138 Å². The van der Waals surface area contributed by atoms with E-state index < -0.39 is 17.4 Å². The van der Waals surface area contributed by atoms with Crippen molar-refractivity contribution in [3.63, 3.8) is 0 Å². The molecule has 0 unspecified atom stereocenters. The van der Waals surface area contributed by atoms with Crippen LogP contribution in [-0.4, -0.2) is 30.1 Å². The summed E-state index contributed by atoms with van der Waals surface area (Å²) in [4.78, 5) is 24.3. The van der Waals surface area contributed by atoms with Crippen molar-refractivity contribution in [1.82, 2.24) is 5.32 Å². The second kappa shape index (κ2) is 10.5. The molecule has 1 aliphatic heterocycles. The summed E-state index contributed by atoms with van der Waals surface area (Å²) >= 11 is 0. The monoisotopic (exact) mass is 491 g/mol. The standard InChI is InChI=1S/C31H25NO5/c33-16-17-36-26-18-22(28-21-29(34)32-30(28)35)19-27(20-26)37-31(23-10-4-1-5-11-23,24-12-6-2-7-13-24)25-14-8-3-9-15-25/h1-15,18-21,33H,16-17H2,(H,32,34,35). The first kappa shape index (κ1) is 24.0. The average molecular weight is 492 g/mol. The van der Waals surface area contributed by atoms with Gasteiger partial charge in [0.1, 0.15) is 18.1 Å². The molecule has 6 heteroatoms. The number of imide groups is 1. The molecule has 4 aromatic rings. The summed E-state index contributed by atoms with van der Waals surface area (Å²) < 4.78 is 12.7. The van der Waals surface area contributed by atoms with E-state index in [2.05, 4.69) is 5.32 Å². The molecule has 1 heterocycles. The zero-order valence-electron chi connectivity index (χ0n) is 20.0. The van der Waals surface area contributed by atoms with Gasteiger partial charge in [0, 0.05) is 28.8 Å². The summed E-state index contributed by atoms with van der Waals surface area (Å²) in [5.74, 6) is -0.139. The van der Waals surface area contributed by atoms with Crippen LogP contribution < -0.4 is 14.8 Å². The minimum atomic E-state index is -1.04. The van der Waals surface area contributed by atoms with Crippen molar-refractivity contribution in [2.45, 2.75) is 5.60 Å². The Morgan fingerprint density at radius 1 is 0.703 bits per heavy atom. The Bertz CT molecular complexity index is 1340. The van der Waals surface area contributed by atoms with Gasteiger partial charge in [-0.2, -0.15) is 0 Å². The van der Waals surface area contributed by atoms with Gasteiger partial charge in [0.05, 0.1) is 12.2 Å². The van der Waals surface area contributed by atoms with E-state index in [4.69, 9.17) is 9.47 Å². The Kier molecular flexibility index (Phi) is 6.83. The number of benzene rings is 4. The molecule has 5 rings (SSSR count). The molecule has 0 aromatic heterocycles. The number of ether oxygens (including phenoxy) is 2. The fourth-order valence-corrected chi connectivity index (χ4v) is 4.53. The molecule has 2 amide bonds. The van der Waals surface area contributed by atoms with E-state index in [1.54, 1.807) is 18.2 Å². The second-order valence-electron chi connectivity index (χ2n) is 8.52. The maximum Gasteiger partial charge on any atom is 0.258 e. The third-order valence-electron chi connectivity index (χ3n) is 6.12. The lowest BCUT2D eigenvalue weighted by Crippen LogP contribution is -2.36. The molecule has 2 N–H and O–H groups in total. The van der Waals surface area contributed by atoms with E-state index in [0.29, 0.717) is 17.1 Å². The molecule has 6 nitrogen and oxygen atoms in total. The third kappa shape index (κ3) is 4.87. The lowest BCUT2D eigenvalue weighted by Gasteiger charge is -2.36. The SMILES string of the molecule is O=C1C=C(c2cc(OCCO)cc(OC(c3ccccc3)(c3ccccc3)c3ccccc3)c2)C(=O)N1. The highest BCUT2D eigenvalue weighted by Gasteiger charge is 2.39. The Hall–Kier alpha value is -4.68. The van der Waals surface area contributed by atoms with Gasteiger partial charge in [0.15, 0.2) is 5.60 Å². The van der Waals surface area contributed by atoms with Crippen LogP contribution in [-0.2, 0) is 15.2 Å². The zero-order valence-corrected chi connectivity index (χ0v) is 20.0. The Labute approximate surface area is 214 Å². The Morgan fingerprint density at radius 3 is 1.68 bits per heavy atom. The highest BCUT2D eigenvalue weighted by atomic mass is 16.5. The predicted octanol–water partition coefficient (Wildman–Crippen LogP) is 4.47. The summed E-state index contributed by atoms with van der Waals surface area (Å²) in [6.07, 6.45) is 1.26. The summed E-state index contributed by atoms with van der Waals surface area (Å²) in [6.45, 7) is -0.113. The van der Waals surface area contributed by atoms with Crippen LogP contribution in [0.15, 0.2) is 115 Å². The van der Waals surface area contributed by atoms with E-state index in [0.717, 1.165) is 16.7 Å². The number of aliphatic hydroxyl groups is 1. The molecule has 0 fully saturated rings. The van der Waals surface area contributed by atoms with Crippen LogP contribution in [0.3, 0.4) is 0 Å². The molecule has 37 heavy (non-hydrogen) atoms. The van der Waals surface area contributed by atoms with Crippen LogP contribution in [0.1, 0.15) is 22.3 Å². The van der Waals surface area contributed by atoms with E-state index in [-0.39, 0.29) is 18.8 Å². The molecule has 1 aliphatic rings. The van der Waals surface area contributed by atoms with Gasteiger partial charge in [0.2, 0.25) is 0 Å². The van der Waals surface area contributed by atoms with E-state index in [1.165, 1.54) is 6.08 Å². The number of nitrogens with one attached hydrogen (secondary N) is 1. The van der Waals surface area contributed by atoms with E-state index in [1.807, 2.05) is 91.0 Å². The molecular formula is C31H25NO5. The summed E-state index contributed by atoms with van der Waals surface area (Å²) in [5, 5.41) is 11.6. The molecule has 0 saturated heterocycles. The third-order valence-corrected chi connectivity index (χ3v) is 6.12. The van der Waals surface area contributed by atoms with Crippen LogP contribution in [0.5, 0.6) is 11.5 Å². The zero-order chi connectivity index (χ0) is 25.7. The molecular weight excluding hydrogens is 466 g/mol. The lowest BCUT2D eigenvalue weighted by molar-refractivity contribution is -0.123. The molecule has 184 valence electrons. The van der Waals surface area contributed by atoms with E-state index >= 15 is 0 Å². The number of carbonyl (C=O) groups excluding carboxylic acids is 2. The molecule has 0 spiro atoms. The Morgan fingerprint density at radius 2 is 1.22 bits per heavy atom. The van der Waals surface area contributed by atoms with Gasteiger partial charge in [-0.3, -0.25) is 14.9 Å². The van der Waals surface area contributed by atoms with Gasteiger partial charge in [-0.25, -0.2) is 0 Å². The maximum atomic E-state index is 12.4. The fourth-order valence-electron chi connectivity index (χ4n) is 4.53. The maximum absolute atomic E-state index is 12.4. The first-order chi connectivity index (χ1) is 18.1. The highest BCUT2D eigenvalue weighted by Crippen LogP contribution is 2.42. The van der Waals surface area contributed by atoms with Crippen LogP contribution in [0.4, 0.5) is 0 Å². The van der Waals surface area contributed by atoms with Gasteiger partial charge in [0.25, 0.3) is 11.8 Å². The second-order valence-corrected chi connectivity index (χ2v) is 8.52. The summed E-state index contributed by atoms with van der Waals surface area (Å²) in [5.41, 5.74) is 2.36. The minimum absolute atomic E-state index is 0.0638. The predicted molar refractivity (Wildman–Crippen MR) is 140 cm³/mol. The van der Waals surface area contributed by atoms with Crippen molar-refractivity contribution >= 4 is 17.4 Å². The van der Waals surface area contributed by atoms with Crippen molar-refractivity contribution in [2.75, 3.05) is 13.2 Å². The van der Waals surface area contributed by atoms with Crippen LogP contribution in [0, 0.1) is 0 Å². The molecule has 0 aliphatic carbocycles. The normalized spacial score (nSPS) is 13.2. The first-order valence-corrected chi connectivity index (χ1v) is 11.9. The van der Waals surface area contributed by atoms with Crippen molar-refractivity contribution in [2.24, 2.45) is 0 Å². The number of hydrogen-bond acceptors (Lipinski definition) is 5. The fraction of sp³-hybridized carbons (Fsp3) is 0.0968. The topological polar surface area (TPSA) is 84.9 Å². The summed E-state index contributed by atoms with van der Waals surface area (Å²) in [6, 6.07) is 34.8. The molecule has 0 radical (unpaired) electrons. The minimum Gasteiger partial charge on any atom is -0.491 e. The quantitative estimate of drug-likeness (QED) is 0.267. The van der Waals surface area contributed by atoms with Gasteiger partial charge in [-0.05, 0) is 17.7 Å². The first-order valence-electron chi connectivity index (χ1n) is 11.9. The average Bonchev–Trinajstić information content (AvgIpc) is 3.29. The van der Waals surface area contributed by atoms with Gasteiger partial charge in [-0.15, -0.1) is 0 Å². The van der Waals surface area contributed by atoms with Crippen molar-refractivity contribution in [3.8, 4) is 11.5 Å². The van der Waals surface area contributed by atoms with Crippen molar-refractivity contribution in [1.29, 1.82) is 0 Å². The van der Waals surface area contributed by atoms with Crippen LogP contribution in [0.2, 0.25) is 0 Å². The van der Waals surface area contributed by atoms with Gasteiger partial charge in [-0.1, -0.05) is 91.0 Å². The molecule has 0 saturated carbocycles. The molecule has 0 bridgehead atoms. The highest BCUT2D eigenvalue weighted by molar-refractivity contribution is 6.33. The number of hydrogen-bond donors (Lipinski definition) is 2. The van der Waals surface area contributed by atoms with Gasteiger partial charge < -0.3 is 14.6 Å². The van der Waals surface area contributed by atoms with Crippen LogP contribution in [0.25, 0.3) is 5.57 Å². The van der Waals surface area contributed by atoms with Gasteiger partial charge >= 0.3 is 0 Å². The number of rotatable bonds is 9. The molecule has 4 aromatic carbocycles.